The van der Waals surface area contributed by atoms with Gasteiger partial charge in [0.15, 0.2) is 5.82 Å². The van der Waals surface area contributed by atoms with Gasteiger partial charge in [-0.2, -0.15) is 5.10 Å². The number of carbonyl (C=O) groups is 1. The van der Waals surface area contributed by atoms with E-state index in [1.54, 1.807) is 6.20 Å². The summed E-state index contributed by atoms with van der Waals surface area (Å²) in [6.07, 6.45) is 7.65. The van der Waals surface area contributed by atoms with Crippen LogP contribution in [0.5, 0.6) is 0 Å². The van der Waals surface area contributed by atoms with Gasteiger partial charge in [0, 0.05) is 25.5 Å². The average Bonchev–Trinajstić information content (AvgIpc) is 3.32. The maximum Gasteiger partial charge on any atom is 0.259 e. The summed E-state index contributed by atoms with van der Waals surface area (Å²) < 4.78 is 3.79. The first-order valence-corrected chi connectivity index (χ1v) is 9.23. The van der Waals surface area contributed by atoms with Gasteiger partial charge in [-0.3, -0.25) is 4.79 Å². The van der Waals surface area contributed by atoms with Crippen LogP contribution in [0.2, 0.25) is 0 Å². The van der Waals surface area contributed by atoms with Gasteiger partial charge in [-0.05, 0) is 44.5 Å². The van der Waals surface area contributed by atoms with E-state index in [0.29, 0.717) is 12.1 Å². The van der Waals surface area contributed by atoms with E-state index in [1.165, 1.54) is 5.56 Å². The number of unbranched alkanes of at least 4 members (excludes halogenated alkanes) is 1. The molecule has 3 rings (SSSR count). The van der Waals surface area contributed by atoms with Crippen molar-refractivity contribution in [3.63, 3.8) is 0 Å². The van der Waals surface area contributed by atoms with Crippen molar-refractivity contribution in [2.75, 3.05) is 13.1 Å². The van der Waals surface area contributed by atoms with E-state index < -0.39 is 0 Å². The van der Waals surface area contributed by atoms with Crippen LogP contribution >= 0.6 is 0 Å². The maximum absolute atomic E-state index is 13.2. The molecule has 26 heavy (non-hydrogen) atoms. The molecule has 2 heterocycles. The SMILES string of the molecule is CCCCN(CC)C(=O)c1cnn(-c2ccc(C)cc2)c1-n1cccc1. The molecule has 2 aromatic heterocycles. The molecule has 0 atom stereocenters. The van der Waals surface area contributed by atoms with Crippen LogP contribution in [0.3, 0.4) is 0 Å². The molecule has 0 unspecified atom stereocenters. The number of nitrogens with zero attached hydrogens (tertiary/aromatic N) is 4. The number of aromatic nitrogens is 3. The molecule has 5 heteroatoms. The van der Waals surface area contributed by atoms with Crippen LogP contribution in [0, 0.1) is 6.92 Å². The second-order valence-electron chi connectivity index (χ2n) is 6.46. The summed E-state index contributed by atoms with van der Waals surface area (Å²) in [5.74, 6) is 0.807. The Balaban J connectivity index is 2.06. The Morgan fingerprint density at radius 1 is 1.12 bits per heavy atom. The van der Waals surface area contributed by atoms with Crippen molar-refractivity contribution < 1.29 is 4.79 Å². The zero-order valence-electron chi connectivity index (χ0n) is 15.7. The van der Waals surface area contributed by atoms with Crippen molar-refractivity contribution in [1.82, 2.24) is 19.2 Å². The molecular formula is C21H26N4O. The molecule has 0 aliphatic heterocycles. The van der Waals surface area contributed by atoms with Gasteiger partial charge in [-0.1, -0.05) is 31.0 Å². The van der Waals surface area contributed by atoms with Crippen molar-refractivity contribution in [2.45, 2.75) is 33.6 Å². The highest BCUT2D eigenvalue weighted by molar-refractivity contribution is 5.97. The number of rotatable bonds is 7. The average molecular weight is 350 g/mol. The van der Waals surface area contributed by atoms with Crippen LogP contribution in [0.4, 0.5) is 0 Å². The zero-order chi connectivity index (χ0) is 18.5. The molecular weight excluding hydrogens is 324 g/mol. The molecule has 0 fully saturated rings. The molecule has 0 saturated heterocycles. The number of hydrogen-bond acceptors (Lipinski definition) is 2. The fourth-order valence-corrected chi connectivity index (χ4v) is 3.01. The summed E-state index contributed by atoms with van der Waals surface area (Å²) in [5, 5.41) is 4.54. The molecule has 0 radical (unpaired) electrons. The Bertz CT molecular complexity index is 847. The normalized spacial score (nSPS) is 10.9. The zero-order valence-corrected chi connectivity index (χ0v) is 15.7. The summed E-state index contributed by atoms with van der Waals surface area (Å²) in [7, 11) is 0. The number of benzene rings is 1. The fourth-order valence-electron chi connectivity index (χ4n) is 3.01. The highest BCUT2D eigenvalue weighted by atomic mass is 16.2. The lowest BCUT2D eigenvalue weighted by molar-refractivity contribution is 0.0762. The third kappa shape index (κ3) is 3.57. The van der Waals surface area contributed by atoms with Gasteiger partial charge in [-0.25, -0.2) is 4.68 Å². The molecule has 0 spiro atoms. The summed E-state index contributed by atoms with van der Waals surface area (Å²) in [4.78, 5) is 15.1. The Kier molecular flexibility index (Phi) is 5.56. The highest BCUT2D eigenvalue weighted by Crippen LogP contribution is 2.22. The van der Waals surface area contributed by atoms with Gasteiger partial charge < -0.3 is 9.47 Å². The first-order chi connectivity index (χ1) is 12.7. The van der Waals surface area contributed by atoms with Gasteiger partial charge in [-0.15, -0.1) is 0 Å². The molecule has 0 aliphatic carbocycles. The second-order valence-corrected chi connectivity index (χ2v) is 6.46. The maximum atomic E-state index is 13.2. The molecule has 0 saturated carbocycles. The lowest BCUT2D eigenvalue weighted by Crippen LogP contribution is -2.32. The molecule has 1 amide bonds. The fraction of sp³-hybridized carbons (Fsp3) is 0.333. The molecule has 1 aromatic carbocycles. The van der Waals surface area contributed by atoms with Crippen molar-refractivity contribution in [1.29, 1.82) is 0 Å². The third-order valence-electron chi connectivity index (χ3n) is 4.55. The predicted octanol–water partition coefficient (Wildman–Crippen LogP) is 4.23. The van der Waals surface area contributed by atoms with Crippen molar-refractivity contribution in [2.24, 2.45) is 0 Å². The van der Waals surface area contributed by atoms with E-state index in [-0.39, 0.29) is 5.91 Å². The second kappa shape index (κ2) is 8.04. The van der Waals surface area contributed by atoms with Crippen LogP contribution in [0.15, 0.2) is 55.0 Å². The van der Waals surface area contributed by atoms with E-state index in [0.717, 1.165) is 30.9 Å². The predicted molar refractivity (Wildman–Crippen MR) is 104 cm³/mol. The molecule has 5 nitrogen and oxygen atoms in total. The Morgan fingerprint density at radius 3 is 2.42 bits per heavy atom. The summed E-state index contributed by atoms with van der Waals surface area (Å²) in [6.45, 7) is 7.68. The van der Waals surface area contributed by atoms with Crippen molar-refractivity contribution in [3.05, 3.63) is 66.1 Å². The van der Waals surface area contributed by atoms with Crippen LogP contribution in [0.25, 0.3) is 11.5 Å². The lowest BCUT2D eigenvalue weighted by Gasteiger charge is -2.21. The van der Waals surface area contributed by atoms with E-state index >= 15 is 0 Å². The van der Waals surface area contributed by atoms with Crippen LogP contribution in [-0.4, -0.2) is 38.2 Å². The van der Waals surface area contributed by atoms with Gasteiger partial charge in [0.2, 0.25) is 0 Å². The van der Waals surface area contributed by atoms with Crippen molar-refractivity contribution in [3.8, 4) is 11.5 Å². The first-order valence-electron chi connectivity index (χ1n) is 9.23. The minimum atomic E-state index is 0.0306. The van der Waals surface area contributed by atoms with Crippen LogP contribution in [0.1, 0.15) is 42.6 Å². The van der Waals surface area contributed by atoms with Crippen LogP contribution in [-0.2, 0) is 0 Å². The smallest absolute Gasteiger partial charge is 0.259 e. The molecule has 0 N–H and O–H groups in total. The van der Waals surface area contributed by atoms with E-state index in [9.17, 15) is 4.79 Å². The van der Waals surface area contributed by atoms with Gasteiger partial charge >= 0.3 is 0 Å². The lowest BCUT2D eigenvalue weighted by atomic mass is 10.2. The Morgan fingerprint density at radius 2 is 1.81 bits per heavy atom. The summed E-state index contributed by atoms with van der Waals surface area (Å²) in [5.41, 5.74) is 2.76. The summed E-state index contributed by atoms with van der Waals surface area (Å²) >= 11 is 0. The molecule has 136 valence electrons. The van der Waals surface area contributed by atoms with E-state index in [2.05, 4.69) is 31.1 Å². The summed E-state index contributed by atoms with van der Waals surface area (Å²) in [6, 6.07) is 12.1. The Labute approximate surface area is 154 Å². The number of amides is 1. The molecule has 0 bridgehead atoms. The molecule has 0 aliphatic rings. The van der Waals surface area contributed by atoms with Crippen molar-refractivity contribution >= 4 is 5.91 Å². The number of aryl methyl sites for hydroxylation is 1. The van der Waals surface area contributed by atoms with E-state index in [4.69, 9.17) is 0 Å². The highest BCUT2D eigenvalue weighted by Gasteiger charge is 2.23. The standard InChI is InChI=1S/C21H26N4O/c1-4-6-13-23(5-2)21(26)19-16-22-25(18-11-9-17(3)10-12-18)20(19)24-14-7-8-15-24/h7-12,14-16H,4-6,13H2,1-3H3. The van der Waals surface area contributed by atoms with Crippen LogP contribution < -0.4 is 0 Å². The topological polar surface area (TPSA) is 43.1 Å². The van der Waals surface area contributed by atoms with Gasteiger partial charge in [0.25, 0.3) is 5.91 Å². The first kappa shape index (κ1) is 18.0. The van der Waals surface area contributed by atoms with Gasteiger partial charge in [0.05, 0.1) is 11.9 Å². The minimum absolute atomic E-state index is 0.0306. The van der Waals surface area contributed by atoms with Gasteiger partial charge in [0.1, 0.15) is 5.56 Å². The quantitative estimate of drug-likeness (QED) is 0.640. The van der Waals surface area contributed by atoms with E-state index in [1.807, 2.05) is 57.7 Å². The molecule has 3 aromatic rings. The monoisotopic (exact) mass is 350 g/mol. The Hall–Kier alpha value is -2.82. The largest absolute Gasteiger partial charge is 0.339 e. The number of carbonyl (C=O) groups excluding carboxylic acids is 1. The minimum Gasteiger partial charge on any atom is -0.339 e. The number of hydrogen-bond donors (Lipinski definition) is 0. The third-order valence-corrected chi connectivity index (χ3v) is 4.55.